The van der Waals surface area contributed by atoms with Gasteiger partial charge < -0.3 is 10.2 Å². The van der Waals surface area contributed by atoms with Crippen LogP contribution >= 0.6 is 23.2 Å². The molecule has 1 atom stereocenters. The lowest BCUT2D eigenvalue weighted by atomic mass is 10.0. The zero-order valence-electron chi connectivity index (χ0n) is 22.4. The first-order valence-corrected chi connectivity index (χ1v) is 15.0. The first kappa shape index (κ1) is 30.5. The van der Waals surface area contributed by atoms with Crippen molar-refractivity contribution in [1.29, 1.82) is 0 Å². The standard InChI is InChI=1S/C29H33Cl2N3O4S/c1-29(2,3)32-28(36)26(17-21-11-7-5-8-12-21)33(19-22-15-16-23(30)18-25(22)31)27(35)20-34(39(4,37)38)24-13-9-6-10-14-24/h5-16,18,26H,17,19-20H2,1-4H3,(H,32,36)/t26-/m1/s1. The number of anilines is 1. The van der Waals surface area contributed by atoms with E-state index in [4.69, 9.17) is 23.2 Å². The number of hydrogen-bond acceptors (Lipinski definition) is 4. The van der Waals surface area contributed by atoms with Crippen LogP contribution in [0.15, 0.2) is 78.9 Å². The predicted molar refractivity (Wildman–Crippen MR) is 157 cm³/mol. The molecule has 0 saturated carbocycles. The number of rotatable bonds is 10. The van der Waals surface area contributed by atoms with Crippen molar-refractivity contribution < 1.29 is 18.0 Å². The largest absolute Gasteiger partial charge is 0.350 e. The minimum atomic E-state index is -3.83. The summed E-state index contributed by atoms with van der Waals surface area (Å²) < 4.78 is 26.6. The van der Waals surface area contributed by atoms with Crippen LogP contribution in [-0.2, 0) is 32.6 Å². The average Bonchev–Trinajstić information content (AvgIpc) is 2.85. The van der Waals surface area contributed by atoms with E-state index in [0.717, 1.165) is 16.1 Å². The van der Waals surface area contributed by atoms with Crippen LogP contribution in [0.4, 0.5) is 5.69 Å². The topological polar surface area (TPSA) is 86.8 Å². The fraction of sp³-hybridized carbons (Fsp3) is 0.310. The molecular formula is C29H33Cl2N3O4S. The van der Waals surface area contributed by atoms with Gasteiger partial charge >= 0.3 is 0 Å². The Morgan fingerprint density at radius 3 is 2.05 bits per heavy atom. The van der Waals surface area contributed by atoms with Crippen LogP contribution < -0.4 is 9.62 Å². The number of carbonyl (C=O) groups is 2. The summed E-state index contributed by atoms with van der Waals surface area (Å²) in [5.74, 6) is -0.921. The number of carbonyl (C=O) groups excluding carboxylic acids is 2. The molecule has 0 saturated heterocycles. The molecule has 0 aliphatic rings. The summed E-state index contributed by atoms with van der Waals surface area (Å²) in [5.41, 5.74) is 1.19. The number of benzene rings is 3. The minimum absolute atomic E-state index is 0.0315. The fourth-order valence-corrected chi connectivity index (χ4v) is 5.37. The van der Waals surface area contributed by atoms with E-state index in [1.54, 1.807) is 48.5 Å². The Morgan fingerprint density at radius 1 is 0.923 bits per heavy atom. The molecule has 0 bridgehead atoms. The normalized spacial score (nSPS) is 12.5. The minimum Gasteiger partial charge on any atom is -0.350 e. The van der Waals surface area contributed by atoms with Gasteiger partial charge in [-0.05, 0) is 56.2 Å². The lowest BCUT2D eigenvalue weighted by Crippen LogP contribution is -2.56. The van der Waals surface area contributed by atoms with Crippen molar-refractivity contribution in [3.63, 3.8) is 0 Å². The summed E-state index contributed by atoms with van der Waals surface area (Å²) in [6.07, 6.45) is 1.26. The zero-order valence-corrected chi connectivity index (χ0v) is 24.7. The van der Waals surface area contributed by atoms with E-state index in [1.807, 2.05) is 51.1 Å². The third kappa shape index (κ3) is 8.98. The quantitative estimate of drug-likeness (QED) is 0.347. The van der Waals surface area contributed by atoms with E-state index < -0.39 is 34.1 Å². The first-order valence-electron chi connectivity index (χ1n) is 12.4. The van der Waals surface area contributed by atoms with Gasteiger partial charge in [0.15, 0.2) is 0 Å². The third-order valence-corrected chi connectivity index (χ3v) is 7.58. The smallest absolute Gasteiger partial charge is 0.244 e. The molecular weight excluding hydrogens is 557 g/mol. The Bertz CT molecular complexity index is 1400. The van der Waals surface area contributed by atoms with Gasteiger partial charge in [-0.2, -0.15) is 0 Å². The molecule has 3 aromatic rings. The van der Waals surface area contributed by atoms with Gasteiger partial charge in [0.05, 0.1) is 11.9 Å². The SMILES string of the molecule is CC(C)(C)NC(=O)[C@@H](Cc1ccccc1)N(Cc1ccc(Cl)cc1Cl)C(=O)CN(c1ccccc1)S(C)(=O)=O. The Morgan fingerprint density at radius 2 is 1.51 bits per heavy atom. The second-order valence-electron chi connectivity index (χ2n) is 10.3. The molecule has 0 radical (unpaired) electrons. The highest BCUT2D eigenvalue weighted by molar-refractivity contribution is 7.92. The average molecular weight is 591 g/mol. The molecule has 7 nitrogen and oxygen atoms in total. The monoisotopic (exact) mass is 589 g/mol. The van der Waals surface area contributed by atoms with E-state index >= 15 is 0 Å². The van der Waals surface area contributed by atoms with Crippen LogP contribution in [0, 0.1) is 0 Å². The Kier molecular flexibility index (Phi) is 10.0. The van der Waals surface area contributed by atoms with Gasteiger partial charge in [0.25, 0.3) is 0 Å². The number of para-hydroxylation sites is 1. The molecule has 0 aliphatic heterocycles. The molecule has 2 amide bonds. The number of amides is 2. The summed E-state index contributed by atoms with van der Waals surface area (Å²) in [4.78, 5) is 29.1. The van der Waals surface area contributed by atoms with Crippen molar-refractivity contribution in [2.24, 2.45) is 0 Å². The maximum absolute atomic E-state index is 14.0. The van der Waals surface area contributed by atoms with Crippen LogP contribution in [0.5, 0.6) is 0 Å². The number of halogens is 2. The van der Waals surface area contributed by atoms with Crippen LogP contribution in [-0.4, -0.2) is 49.5 Å². The Balaban J connectivity index is 2.09. The van der Waals surface area contributed by atoms with Gasteiger partial charge in [0, 0.05) is 28.5 Å². The van der Waals surface area contributed by atoms with E-state index in [-0.39, 0.29) is 18.9 Å². The van der Waals surface area contributed by atoms with E-state index in [0.29, 0.717) is 21.3 Å². The molecule has 3 aromatic carbocycles. The third-order valence-electron chi connectivity index (χ3n) is 5.85. The van der Waals surface area contributed by atoms with E-state index in [1.165, 1.54) is 4.90 Å². The summed E-state index contributed by atoms with van der Waals surface area (Å²) in [6.45, 7) is 5.03. The molecule has 0 aromatic heterocycles. The molecule has 0 unspecified atom stereocenters. The van der Waals surface area contributed by atoms with Gasteiger partial charge in [-0.1, -0.05) is 77.8 Å². The molecule has 0 heterocycles. The van der Waals surface area contributed by atoms with Crippen molar-refractivity contribution in [1.82, 2.24) is 10.2 Å². The Labute approximate surface area is 240 Å². The van der Waals surface area contributed by atoms with Gasteiger partial charge in [0.1, 0.15) is 12.6 Å². The maximum atomic E-state index is 14.0. The van der Waals surface area contributed by atoms with Gasteiger partial charge in [0.2, 0.25) is 21.8 Å². The molecule has 0 aliphatic carbocycles. The predicted octanol–water partition coefficient (Wildman–Crippen LogP) is 5.31. The summed E-state index contributed by atoms with van der Waals surface area (Å²) in [7, 11) is -3.83. The van der Waals surface area contributed by atoms with Gasteiger partial charge in [-0.3, -0.25) is 13.9 Å². The molecule has 3 rings (SSSR count). The molecule has 1 N–H and O–H groups in total. The molecule has 0 spiro atoms. The van der Waals surface area contributed by atoms with Crippen molar-refractivity contribution in [3.05, 3.63) is 100 Å². The lowest BCUT2D eigenvalue weighted by molar-refractivity contribution is -0.140. The zero-order chi connectivity index (χ0) is 28.8. The Hall–Kier alpha value is -3.07. The summed E-state index contributed by atoms with van der Waals surface area (Å²) in [6, 6.07) is 21.7. The lowest BCUT2D eigenvalue weighted by Gasteiger charge is -2.35. The van der Waals surface area contributed by atoms with Crippen molar-refractivity contribution in [2.75, 3.05) is 17.1 Å². The van der Waals surface area contributed by atoms with Crippen molar-refractivity contribution in [2.45, 2.75) is 45.3 Å². The van der Waals surface area contributed by atoms with Gasteiger partial charge in [-0.25, -0.2) is 8.42 Å². The van der Waals surface area contributed by atoms with Crippen LogP contribution in [0.3, 0.4) is 0 Å². The van der Waals surface area contributed by atoms with Crippen LogP contribution in [0.1, 0.15) is 31.9 Å². The number of hydrogen-bond donors (Lipinski definition) is 1. The second kappa shape index (κ2) is 12.9. The molecule has 39 heavy (non-hydrogen) atoms. The summed E-state index contributed by atoms with van der Waals surface area (Å²) in [5, 5.41) is 3.74. The highest BCUT2D eigenvalue weighted by atomic mass is 35.5. The first-order chi connectivity index (χ1) is 18.2. The molecule has 0 fully saturated rings. The van der Waals surface area contributed by atoms with Crippen LogP contribution in [0.25, 0.3) is 0 Å². The molecule has 208 valence electrons. The summed E-state index contributed by atoms with van der Waals surface area (Å²) >= 11 is 12.6. The highest BCUT2D eigenvalue weighted by Gasteiger charge is 2.34. The van der Waals surface area contributed by atoms with Crippen LogP contribution in [0.2, 0.25) is 10.0 Å². The highest BCUT2D eigenvalue weighted by Crippen LogP contribution is 2.25. The number of sulfonamides is 1. The van der Waals surface area contributed by atoms with Gasteiger partial charge in [-0.15, -0.1) is 0 Å². The number of nitrogens with zero attached hydrogens (tertiary/aromatic N) is 2. The second-order valence-corrected chi connectivity index (χ2v) is 13.1. The van der Waals surface area contributed by atoms with Crippen molar-refractivity contribution >= 4 is 50.7 Å². The number of nitrogens with one attached hydrogen (secondary N) is 1. The maximum Gasteiger partial charge on any atom is 0.244 e. The molecule has 10 heteroatoms. The fourth-order valence-electron chi connectivity index (χ4n) is 4.05. The van der Waals surface area contributed by atoms with E-state index in [2.05, 4.69) is 5.32 Å². The van der Waals surface area contributed by atoms with E-state index in [9.17, 15) is 18.0 Å². The van der Waals surface area contributed by atoms with Crippen molar-refractivity contribution in [3.8, 4) is 0 Å².